The largest absolute Gasteiger partial charge is 0.462 e. The van der Waals surface area contributed by atoms with Crippen molar-refractivity contribution in [3.05, 3.63) is 11.1 Å². The molecule has 0 saturated heterocycles. The van der Waals surface area contributed by atoms with Crippen molar-refractivity contribution in [2.75, 3.05) is 13.2 Å². The molecular formula is C30H56O4. The van der Waals surface area contributed by atoms with Crippen molar-refractivity contribution in [2.45, 2.75) is 156 Å². The number of carbonyl (C=O) groups excluding carboxylic acids is 2. The molecule has 4 nitrogen and oxygen atoms in total. The summed E-state index contributed by atoms with van der Waals surface area (Å²) >= 11 is 0. The Morgan fingerprint density at radius 2 is 0.794 bits per heavy atom. The van der Waals surface area contributed by atoms with Crippen molar-refractivity contribution in [1.82, 2.24) is 0 Å². The molecule has 0 unspecified atom stereocenters. The van der Waals surface area contributed by atoms with Crippen LogP contribution in [0.4, 0.5) is 0 Å². The Bertz CT molecular complexity index is 524. The molecule has 0 heterocycles. The summed E-state index contributed by atoms with van der Waals surface area (Å²) in [6.07, 6.45) is 21.8. The highest BCUT2D eigenvalue weighted by atomic mass is 16.5. The maximum Gasteiger partial charge on any atom is 0.334 e. The van der Waals surface area contributed by atoms with Gasteiger partial charge in [0.2, 0.25) is 0 Å². The van der Waals surface area contributed by atoms with Crippen molar-refractivity contribution in [1.29, 1.82) is 0 Å². The van der Waals surface area contributed by atoms with Gasteiger partial charge in [0.25, 0.3) is 0 Å². The molecule has 0 aromatic heterocycles. The van der Waals surface area contributed by atoms with Crippen molar-refractivity contribution < 1.29 is 19.1 Å². The number of hydrogen-bond acceptors (Lipinski definition) is 4. The minimum Gasteiger partial charge on any atom is -0.462 e. The third kappa shape index (κ3) is 18.1. The first kappa shape index (κ1) is 32.7. The molecule has 0 aliphatic heterocycles. The van der Waals surface area contributed by atoms with E-state index in [4.69, 9.17) is 9.47 Å². The molecule has 0 aliphatic rings. The van der Waals surface area contributed by atoms with Crippen LogP contribution in [0, 0.1) is 0 Å². The number of carbonyl (C=O) groups is 2. The lowest BCUT2D eigenvalue weighted by Gasteiger charge is -2.14. The molecule has 0 rings (SSSR count). The lowest BCUT2D eigenvalue weighted by atomic mass is 9.99. The predicted molar refractivity (Wildman–Crippen MR) is 144 cm³/mol. The second-order valence-corrected chi connectivity index (χ2v) is 9.64. The molecule has 200 valence electrons. The molecule has 34 heavy (non-hydrogen) atoms. The van der Waals surface area contributed by atoms with E-state index in [0.717, 1.165) is 38.5 Å². The summed E-state index contributed by atoms with van der Waals surface area (Å²) in [4.78, 5) is 25.8. The predicted octanol–water partition coefficient (Wildman–Crippen LogP) is 9.25. The average molecular weight is 481 g/mol. The average Bonchev–Trinajstić information content (AvgIpc) is 2.84. The van der Waals surface area contributed by atoms with Crippen LogP contribution in [-0.4, -0.2) is 25.2 Å². The third-order valence-electron chi connectivity index (χ3n) is 6.45. The molecule has 4 heteroatoms. The van der Waals surface area contributed by atoms with Crippen LogP contribution in [0.25, 0.3) is 0 Å². The number of rotatable bonds is 24. The summed E-state index contributed by atoms with van der Waals surface area (Å²) in [5.74, 6) is -0.635. The summed E-state index contributed by atoms with van der Waals surface area (Å²) < 4.78 is 11.2. The summed E-state index contributed by atoms with van der Waals surface area (Å²) in [5, 5.41) is 0. The maximum absolute atomic E-state index is 12.9. The van der Waals surface area contributed by atoms with Gasteiger partial charge in [-0.2, -0.15) is 0 Å². The summed E-state index contributed by atoms with van der Waals surface area (Å²) in [5.41, 5.74) is 1.07. The Labute approximate surface area is 211 Å². The molecule has 0 radical (unpaired) electrons. The number of hydrogen-bond donors (Lipinski definition) is 0. The zero-order chi connectivity index (χ0) is 25.3. The van der Waals surface area contributed by atoms with Crippen LogP contribution in [0.3, 0.4) is 0 Å². The van der Waals surface area contributed by atoms with E-state index in [1.54, 1.807) is 0 Å². The fraction of sp³-hybridized carbons (Fsp3) is 0.867. The van der Waals surface area contributed by atoms with Crippen LogP contribution in [0.5, 0.6) is 0 Å². The van der Waals surface area contributed by atoms with Crippen LogP contribution >= 0.6 is 0 Å². The zero-order valence-corrected chi connectivity index (χ0v) is 23.2. The van der Waals surface area contributed by atoms with Crippen LogP contribution in [-0.2, 0) is 19.1 Å². The fourth-order valence-corrected chi connectivity index (χ4v) is 4.21. The third-order valence-corrected chi connectivity index (χ3v) is 6.45. The maximum atomic E-state index is 12.9. The Kier molecular flexibility index (Phi) is 23.8. The van der Waals surface area contributed by atoms with Gasteiger partial charge in [-0.15, -0.1) is 0 Å². The second kappa shape index (κ2) is 24.8. The van der Waals surface area contributed by atoms with E-state index >= 15 is 0 Å². The van der Waals surface area contributed by atoms with E-state index < -0.39 is 0 Å². The highest BCUT2D eigenvalue weighted by Crippen LogP contribution is 2.21. The van der Waals surface area contributed by atoms with Gasteiger partial charge in [0.15, 0.2) is 0 Å². The van der Waals surface area contributed by atoms with Crippen molar-refractivity contribution in [3.63, 3.8) is 0 Å². The molecule has 0 N–H and O–H groups in total. The van der Waals surface area contributed by atoms with E-state index in [-0.39, 0.29) is 11.9 Å². The summed E-state index contributed by atoms with van der Waals surface area (Å²) in [6, 6.07) is 0. The van der Waals surface area contributed by atoms with Crippen molar-refractivity contribution >= 4 is 11.9 Å². The second-order valence-electron chi connectivity index (χ2n) is 9.64. The minimum atomic E-state index is -0.325. The first-order valence-electron chi connectivity index (χ1n) is 14.7. The van der Waals surface area contributed by atoms with Crippen LogP contribution in [0.1, 0.15) is 156 Å². The first-order valence-corrected chi connectivity index (χ1v) is 14.7. The van der Waals surface area contributed by atoms with Gasteiger partial charge < -0.3 is 9.47 Å². The van der Waals surface area contributed by atoms with E-state index in [9.17, 15) is 9.59 Å². The molecule has 0 saturated carbocycles. The van der Waals surface area contributed by atoms with Gasteiger partial charge in [0.1, 0.15) is 0 Å². The van der Waals surface area contributed by atoms with Gasteiger partial charge in [-0.3, -0.25) is 0 Å². The lowest BCUT2D eigenvalue weighted by Crippen LogP contribution is -2.17. The van der Waals surface area contributed by atoms with Crippen LogP contribution < -0.4 is 0 Å². The number of unbranched alkanes of at least 4 members (excludes halogenated alkanes) is 15. The van der Waals surface area contributed by atoms with E-state index in [2.05, 4.69) is 20.8 Å². The molecule has 0 aliphatic carbocycles. The first-order chi connectivity index (χ1) is 16.6. The smallest absolute Gasteiger partial charge is 0.334 e. The van der Waals surface area contributed by atoms with Gasteiger partial charge >= 0.3 is 11.9 Å². The SMILES string of the molecule is CCCCCCCCOC(=O)/C(CC)=C(/CCCCCCCC)C(=O)OCCCCCCCC. The molecule has 0 bridgehead atoms. The topological polar surface area (TPSA) is 52.6 Å². The molecule has 0 aromatic rings. The van der Waals surface area contributed by atoms with Crippen LogP contribution in [0.15, 0.2) is 11.1 Å². The van der Waals surface area contributed by atoms with Gasteiger partial charge in [-0.25, -0.2) is 9.59 Å². The van der Waals surface area contributed by atoms with E-state index in [1.807, 2.05) is 6.92 Å². The Hall–Kier alpha value is -1.32. The highest BCUT2D eigenvalue weighted by Gasteiger charge is 2.22. The van der Waals surface area contributed by atoms with E-state index in [1.165, 1.54) is 77.0 Å². The zero-order valence-electron chi connectivity index (χ0n) is 23.2. The van der Waals surface area contributed by atoms with Gasteiger partial charge in [0.05, 0.1) is 13.2 Å². The fourth-order valence-electron chi connectivity index (χ4n) is 4.21. The van der Waals surface area contributed by atoms with Gasteiger partial charge in [-0.1, -0.05) is 124 Å². The Balaban J connectivity index is 4.79. The molecule has 0 fully saturated rings. The molecular weight excluding hydrogens is 424 g/mol. The van der Waals surface area contributed by atoms with Crippen molar-refractivity contribution in [3.8, 4) is 0 Å². The normalized spacial score (nSPS) is 11.9. The van der Waals surface area contributed by atoms with Gasteiger partial charge in [-0.05, 0) is 32.1 Å². The Morgan fingerprint density at radius 3 is 1.21 bits per heavy atom. The lowest BCUT2D eigenvalue weighted by molar-refractivity contribution is -0.142. The monoisotopic (exact) mass is 480 g/mol. The summed E-state index contributed by atoms with van der Waals surface area (Å²) in [7, 11) is 0. The highest BCUT2D eigenvalue weighted by molar-refractivity contribution is 6.00. The summed E-state index contributed by atoms with van der Waals surface area (Å²) in [6.45, 7) is 9.44. The minimum absolute atomic E-state index is 0.310. The molecule has 0 spiro atoms. The van der Waals surface area contributed by atoms with Crippen molar-refractivity contribution in [2.24, 2.45) is 0 Å². The van der Waals surface area contributed by atoms with E-state index in [0.29, 0.717) is 37.2 Å². The molecule has 0 aromatic carbocycles. The van der Waals surface area contributed by atoms with Gasteiger partial charge in [0, 0.05) is 11.1 Å². The number of ether oxygens (including phenoxy) is 2. The number of esters is 2. The standard InChI is InChI=1S/C30H56O4/c1-5-9-12-15-18-21-24-28(30(32)34-26-23-20-17-14-11-7-3)27(8-4)29(31)33-25-22-19-16-13-10-6-2/h5-26H2,1-4H3/b28-27-. The molecule has 0 amide bonds. The quantitative estimate of drug-likeness (QED) is 0.0784. The Morgan fingerprint density at radius 1 is 0.441 bits per heavy atom. The van der Waals surface area contributed by atoms with Crippen LogP contribution in [0.2, 0.25) is 0 Å². The molecule has 0 atom stereocenters.